The van der Waals surface area contributed by atoms with Gasteiger partial charge in [0.2, 0.25) is 0 Å². The maximum Gasteiger partial charge on any atom is 0.257 e. The number of benzene rings is 1. The summed E-state index contributed by atoms with van der Waals surface area (Å²) in [6, 6.07) is 7.32. The lowest BCUT2D eigenvalue weighted by molar-refractivity contribution is -0.123. The quantitative estimate of drug-likeness (QED) is 0.821. The number of anilines is 1. The summed E-state index contributed by atoms with van der Waals surface area (Å²) in [5.74, 6) is 1.53. The summed E-state index contributed by atoms with van der Waals surface area (Å²) in [7, 11) is 1.58. The van der Waals surface area contributed by atoms with Crippen molar-refractivity contribution in [3.05, 3.63) is 35.8 Å². The van der Waals surface area contributed by atoms with E-state index in [2.05, 4.69) is 15.2 Å². The highest BCUT2D eigenvalue weighted by molar-refractivity contribution is 7.13. The number of thiazole rings is 1. The van der Waals surface area contributed by atoms with Gasteiger partial charge in [0.15, 0.2) is 23.2 Å². The summed E-state index contributed by atoms with van der Waals surface area (Å²) >= 11 is 1.66. The molecule has 1 fully saturated rings. The number of methoxy groups -OCH3 is 1. The van der Waals surface area contributed by atoms with Crippen molar-refractivity contribution >= 4 is 22.4 Å². The van der Waals surface area contributed by atoms with E-state index in [1.807, 2.05) is 29.8 Å². The second kappa shape index (κ2) is 8.71. The molecule has 25 heavy (non-hydrogen) atoms. The molecule has 1 N–H and O–H groups in total. The maximum absolute atomic E-state index is 12.1. The molecule has 1 unspecified atom stereocenters. The molecule has 1 atom stereocenters. The number of aromatic nitrogens is 1. The zero-order valence-corrected chi connectivity index (χ0v) is 15.1. The average Bonchev–Trinajstić information content (AvgIpc) is 3.20. The first-order chi connectivity index (χ1) is 12.3. The number of rotatable bonds is 7. The number of nitrogens with zero attached hydrogens (tertiary/aromatic N) is 2. The van der Waals surface area contributed by atoms with Gasteiger partial charge < -0.3 is 19.7 Å². The number of hydrogen-bond acceptors (Lipinski definition) is 6. The van der Waals surface area contributed by atoms with Crippen molar-refractivity contribution in [2.75, 3.05) is 38.3 Å². The number of nitrogens with one attached hydrogen (secondary N) is 1. The summed E-state index contributed by atoms with van der Waals surface area (Å²) < 4.78 is 10.8. The number of hydrogen-bond donors (Lipinski definition) is 1. The van der Waals surface area contributed by atoms with Crippen molar-refractivity contribution in [3.63, 3.8) is 0 Å². The van der Waals surface area contributed by atoms with Crippen LogP contribution in [0.2, 0.25) is 0 Å². The van der Waals surface area contributed by atoms with E-state index >= 15 is 0 Å². The Morgan fingerprint density at radius 3 is 3.00 bits per heavy atom. The van der Waals surface area contributed by atoms with Crippen molar-refractivity contribution in [1.29, 1.82) is 0 Å². The van der Waals surface area contributed by atoms with Gasteiger partial charge in [-0.25, -0.2) is 4.98 Å². The van der Waals surface area contributed by atoms with E-state index in [1.54, 1.807) is 24.5 Å². The van der Waals surface area contributed by atoms with E-state index in [4.69, 9.17) is 9.47 Å². The van der Waals surface area contributed by atoms with Crippen LogP contribution in [-0.2, 0) is 4.79 Å². The maximum atomic E-state index is 12.1. The Morgan fingerprint density at radius 1 is 1.40 bits per heavy atom. The molecular weight excluding hydrogens is 338 g/mol. The SMILES string of the molecule is COc1ccccc1OCC(=O)NCC1CCCN(c2nccs2)C1. The van der Waals surface area contributed by atoms with Crippen LogP contribution in [-0.4, -0.2) is 44.2 Å². The fourth-order valence-electron chi connectivity index (χ4n) is 2.97. The van der Waals surface area contributed by atoms with Crippen LogP contribution in [0.5, 0.6) is 11.5 Å². The van der Waals surface area contributed by atoms with Crippen LogP contribution < -0.4 is 19.7 Å². The Hall–Kier alpha value is -2.28. The number of amides is 1. The topological polar surface area (TPSA) is 63.7 Å². The van der Waals surface area contributed by atoms with E-state index in [-0.39, 0.29) is 12.5 Å². The van der Waals surface area contributed by atoms with Crippen LogP contribution in [0.1, 0.15) is 12.8 Å². The van der Waals surface area contributed by atoms with Crippen LogP contribution in [0, 0.1) is 5.92 Å². The van der Waals surface area contributed by atoms with Crippen molar-refractivity contribution < 1.29 is 14.3 Å². The lowest BCUT2D eigenvalue weighted by Gasteiger charge is -2.32. The van der Waals surface area contributed by atoms with Crippen LogP contribution in [0.3, 0.4) is 0 Å². The van der Waals surface area contributed by atoms with E-state index in [9.17, 15) is 4.79 Å². The van der Waals surface area contributed by atoms with E-state index in [1.165, 1.54) is 0 Å². The second-order valence-corrected chi connectivity index (χ2v) is 6.89. The highest BCUT2D eigenvalue weighted by Gasteiger charge is 2.22. The average molecular weight is 361 g/mol. The van der Waals surface area contributed by atoms with Gasteiger partial charge in [-0.3, -0.25) is 4.79 Å². The predicted octanol–water partition coefficient (Wildman–Crippen LogP) is 2.56. The molecule has 0 radical (unpaired) electrons. The van der Waals surface area contributed by atoms with Crippen molar-refractivity contribution in [1.82, 2.24) is 10.3 Å². The summed E-state index contributed by atoms with van der Waals surface area (Å²) in [5, 5.41) is 6.04. The van der Waals surface area contributed by atoms with Gasteiger partial charge in [-0.05, 0) is 30.9 Å². The smallest absolute Gasteiger partial charge is 0.257 e. The Kier molecular flexibility index (Phi) is 6.11. The van der Waals surface area contributed by atoms with Crippen molar-refractivity contribution in [3.8, 4) is 11.5 Å². The highest BCUT2D eigenvalue weighted by Crippen LogP contribution is 2.26. The fraction of sp³-hybridized carbons (Fsp3) is 0.444. The van der Waals surface area contributed by atoms with Gasteiger partial charge in [0.25, 0.3) is 5.91 Å². The molecule has 0 spiro atoms. The summed E-state index contributed by atoms with van der Waals surface area (Å²) in [6.07, 6.45) is 4.08. The first kappa shape index (κ1) is 17.5. The van der Waals surface area contributed by atoms with Gasteiger partial charge in [0.05, 0.1) is 7.11 Å². The minimum Gasteiger partial charge on any atom is -0.493 e. The Balaban J connectivity index is 1.43. The number of carbonyl (C=O) groups excluding carboxylic acids is 1. The second-order valence-electron chi connectivity index (χ2n) is 6.01. The molecule has 1 aliphatic rings. The van der Waals surface area contributed by atoms with E-state index in [0.29, 0.717) is 24.0 Å². The van der Waals surface area contributed by atoms with Gasteiger partial charge >= 0.3 is 0 Å². The molecular formula is C18H23N3O3S. The third-order valence-corrected chi connectivity index (χ3v) is 5.06. The lowest BCUT2D eigenvalue weighted by atomic mass is 9.98. The Morgan fingerprint density at radius 2 is 2.24 bits per heavy atom. The third kappa shape index (κ3) is 4.85. The van der Waals surface area contributed by atoms with Crippen LogP contribution >= 0.6 is 11.3 Å². The fourth-order valence-corrected chi connectivity index (χ4v) is 3.65. The molecule has 1 amide bonds. The molecule has 0 bridgehead atoms. The molecule has 1 saturated heterocycles. The van der Waals surface area contributed by atoms with Gasteiger partial charge in [-0.1, -0.05) is 12.1 Å². The first-order valence-corrected chi connectivity index (χ1v) is 9.31. The molecule has 7 heteroatoms. The number of carbonyl (C=O) groups is 1. The Bertz CT molecular complexity index is 678. The molecule has 2 aromatic rings. The largest absolute Gasteiger partial charge is 0.493 e. The summed E-state index contributed by atoms with van der Waals surface area (Å²) in [4.78, 5) is 18.7. The molecule has 0 saturated carbocycles. The zero-order valence-electron chi connectivity index (χ0n) is 14.3. The third-order valence-electron chi connectivity index (χ3n) is 4.22. The highest BCUT2D eigenvalue weighted by atomic mass is 32.1. The van der Waals surface area contributed by atoms with Gasteiger partial charge in [0.1, 0.15) is 0 Å². The molecule has 134 valence electrons. The molecule has 0 aliphatic carbocycles. The van der Waals surface area contributed by atoms with Crippen LogP contribution in [0.4, 0.5) is 5.13 Å². The predicted molar refractivity (Wildman–Crippen MR) is 98.5 cm³/mol. The minimum atomic E-state index is -0.114. The van der Waals surface area contributed by atoms with Gasteiger partial charge in [-0.15, -0.1) is 11.3 Å². The zero-order chi connectivity index (χ0) is 17.5. The minimum absolute atomic E-state index is 0.0106. The molecule has 1 aliphatic heterocycles. The molecule has 3 rings (SSSR count). The first-order valence-electron chi connectivity index (χ1n) is 8.43. The van der Waals surface area contributed by atoms with Gasteiger partial charge in [-0.2, -0.15) is 0 Å². The standard InChI is InChI=1S/C18H23N3O3S/c1-23-15-6-2-3-7-16(15)24-13-17(22)20-11-14-5-4-9-21(12-14)18-19-8-10-25-18/h2-3,6-8,10,14H,4-5,9,11-13H2,1H3,(H,20,22). The van der Waals surface area contributed by atoms with E-state index < -0.39 is 0 Å². The van der Waals surface area contributed by atoms with Crippen LogP contribution in [0.15, 0.2) is 35.8 Å². The summed E-state index contributed by atoms with van der Waals surface area (Å²) in [6.45, 7) is 2.62. The monoisotopic (exact) mass is 361 g/mol. The Labute approximate surface area is 151 Å². The summed E-state index contributed by atoms with van der Waals surface area (Å²) in [5.41, 5.74) is 0. The molecule has 6 nitrogen and oxygen atoms in total. The number of piperidine rings is 1. The molecule has 1 aromatic heterocycles. The number of para-hydroxylation sites is 2. The van der Waals surface area contributed by atoms with E-state index in [0.717, 1.165) is 31.1 Å². The van der Waals surface area contributed by atoms with Gasteiger partial charge in [0, 0.05) is 31.2 Å². The number of ether oxygens (including phenoxy) is 2. The van der Waals surface area contributed by atoms with Crippen LogP contribution in [0.25, 0.3) is 0 Å². The molecule has 1 aromatic carbocycles. The normalized spacial score (nSPS) is 17.2. The molecule has 2 heterocycles. The lowest BCUT2D eigenvalue weighted by Crippen LogP contribution is -2.41. The van der Waals surface area contributed by atoms with Crippen molar-refractivity contribution in [2.24, 2.45) is 5.92 Å². The van der Waals surface area contributed by atoms with Crippen molar-refractivity contribution in [2.45, 2.75) is 12.8 Å².